The molecule has 1 N–H and O–H groups in total. The molecule has 3 amide bonds. The maximum absolute atomic E-state index is 13.7. The van der Waals surface area contributed by atoms with E-state index in [1.54, 1.807) is 23.0 Å². The van der Waals surface area contributed by atoms with Gasteiger partial charge in [-0.1, -0.05) is 42.5 Å². The second-order valence-corrected chi connectivity index (χ2v) is 10.8. The zero-order chi connectivity index (χ0) is 29.1. The predicted octanol–water partition coefficient (Wildman–Crippen LogP) is 3.74. The van der Waals surface area contributed by atoms with Crippen LogP contribution < -0.4 is 4.74 Å². The van der Waals surface area contributed by atoms with Crippen molar-refractivity contribution in [3.63, 3.8) is 0 Å². The zero-order valence-electron chi connectivity index (χ0n) is 23.6. The molecule has 216 valence electrons. The molecule has 0 spiro atoms. The highest BCUT2D eigenvalue weighted by Gasteiger charge is 2.35. The van der Waals surface area contributed by atoms with Crippen LogP contribution in [0.2, 0.25) is 0 Å². The highest BCUT2D eigenvalue weighted by atomic mass is 16.5. The fourth-order valence-corrected chi connectivity index (χ4v) is 5.78. The van der Waals surface area contributed by atoms with Gasteiger partial charge in [-0.05, 0) is 53.9 Å². The Morgan fingerprint density at radius 2 is 1.69 bits per heavy atom. The zero-order valence-corrected chi connectivity index (χ0v) is 23.6. The Morgan fingerprint density at radius 3 is 2.48 bits per heavy atom. The summed E-state index contributed by atoms with van der Waals surface area (Å²) in [6, 6.07) is 24.7. The van der Waals surface area contributed by atoms with E-state index < -0.39 is 0 Å². The van der Waals surface area contributed by atoms with Gasteiger partial charge in [-0.15, -0.1) is 0 Å². The van der Waals surface area contributed by atoms with Crippen molar-refractivity contribution in [1.82, 2.24) is 19.7 Å². The molecule has 0 radical (unpaired) electrons. The lowest BCUT2D eigenvalue weighted by Crippen LogP contribution is -2.58. The number of piperazine rings is 1. The molecule has 9 heteroatoms. The number of nitrogens with zero attached hydrogens (tertiary/aromatic N) is 3. The third-order valence-corrected chi connectivity index (χ3v) is 8.00. The molecule has 2 aliphatic rings. The standard InChI is InChI=1S/C33H34N4O5/c1-41-28-10-11-29-26(18-28)19-30(34-29)33(40)36-21-27(17-23-6-3-2-4-7-23)37(31(38)22-36)20-24-8-5-9-25(16-24)32(39)35-12-14-42-15-13-35/h2-11,16,18-19,27,34H,12-15,17,20-22H2,1H3/t27-/m0/s1. The van der Waals surface area contributed by atoms with Crippen molar-refractivity contribution in [1.29, 1.82) is 0 Å². The first-order chi connectivity index (χ1) is 20.5. The van der Waals surface area contributed by atoms with Gasteiger partial charge in [-0.25, -0.2) is 0 Å². The van der Waals surface area contributed by atoms with Gasteiger partial charge in [0.1, 0.15) is 18.0 Å². The number of hydrogen-bond acceptors (Lipinski definition) is 5. The monoisotopic (exact) mass is 566 g/mol. The largest absolute Gasteiger partial charge is 0.497 e. The van der Waals surface area contributed by atoms with E-state index >= 15 is 0 Å². The van der Waals surface area contributed by atoms with E-state index in [1.807, 2.05) is 77.7 Å². The summed E-state index contributed by atoms with van der Waals surface area (Å²) in [7, 11) is 1.61. The molecule has 9 nitrogen and oxygen atoms in total. The molecule has 2 aliphatic heterocycles. The Bertz CT molecular complexity index is 1590. The summed E-state index contributed by atoms with van der Waals surface area (Å²) in [6.45, 7) is 2.95. The van der Waals surface area contributed by atoms with Gasteiger partial charge in [-0.2, -0.15) is 0 Å². The van der Waals surface area contributed by atoms with Crippen LogP contribution in [0.4, 0.5) is 0 Å². The van der Waals surface area contributed by atoms with Crippen molar-refractivity contribution >= 4 is 28.6 Å². The van der Waals surface area contributed by atoms with Crippen LogP contribution in [-0.2, 0) is 22.5 Å². The summed E-state index contributed by atoms with van der Waals surface area (Å²) in [5.74, 6) is 0.342. The van der Waals surface area contributed by atoms with Crippen LogP contribution in [0.25, 0.3) is 10.9 Å². The quantitative estimate of drug-likeness (QED) is 0.368. The minimum absolute atomic E-state index is 0.0186. The van der Waals surface area contributed by atoms with E-state index in [-0.39, 0.29) is 30.3 Å². The summed E-state index contributed by atoms with van der Waals surface area (Å²) in [4.78, 5) is 48.9. The number of hydrogen-bond donors (Lipinski definition) is 1. The summed E-state index contributed by atoms with van der Waals surface area (Å²) < 4.78 is 10.7. The third kappa shape index (κ3) is 5.87. The normalized spacial score (nSPS) is 17.5. The lowest BCUT2D eigenvalue weighted by molar-refractivity contribution is -0.139. The average molecular weight is 567 g/mol. The van der Waals surface area contributed by atoms with Crippen molar-refractivity contribution in [2.45, 2.75) is 19.0 Å². The predicted molar refractivity (Wildman–Crippen MR) is 158 cm³/mol. The van der Waals surface area contributed by atoms with E-state index in [0.29, 0.717) is 62.8 Å². The van der Waals surface area contributed by atoms with Gasteiger partial charge < -0.3 is 29.2 Å². The van der Waals surface area contributed by atoms with Gasteiger partial charge in [0.05, 0.1) is 26.4 Å². The van der Waals surface area contributed by atoms with Crippen LogP contribution in [0.3, 0.4) is 0 Å². The Kier molecular flexibility index (Phi) is 7.92. The number of benzene rings is 3. The van der Waals surface area contributed by atoms with Crippen LogP contribution in [-0.4, -0.2) is 89.9 Å². The first-order valence-corrected chi connectivity index (χ1v) is 14.2. The number of morpholine rings is 1. The summed E-state index contributed by atoms with van der Waals surface area (Å²) in [6.07, 6.45) is 0.604. The molecular weight excluding hydrogens is 532 g/mol. The molecule has 42 heavy (non-hydrogen) atoms. The molecule has 3 heterocycles. The van der Waals surface area contributed by atoms with Gasteiger partial charge in [0.25, 0.3) is 11.8 Å². The lowest BCUT2D eigenvalue weighted by atomic mass is 10.00. The number of aromatic amines is 1. The number of aromatic nitrogens is 1. The number of rotatable bonds is 7. The summed E-state index contributed by atoms with van der Waals surface area (Å²) >= 11 is 0. The van der Waals surface area contributed by atoms with Crippen LogP contribution in [0.1, 0.15) is 32.0 Å². The number of carbonyl (C=O) groups is 3. The number of nitrogens with one attached hydrogen (secondary N) is 1. The maximum atomic E-state index is 13.7. The minimum Gasteiger partial charge on any atom is -0.497 e. The molecule has 0 saturated carbocycles. The topological polar surface area (TPSA) is 95.2 Å². The number of carbonyl (C=O) groups excluding carboxylic acids is 3. The smallest absolute Gasteiger partial charge is 0.270 e. The van der Waals surface area contributed by atoms with E-state index in [4.69, 9.17) is 9.47 Å². The maximum Gasteiger partial charge on any atom is 0.270 e. The Hall–Kier alpha value is -4.63. The molecule has 6 rings (SSSR count). The van der Waals surface area contributed by atoms with E-state index in [9.17, 15) is 14.4 Å². The Labute approximate surface area is 244 Å². The fraction of sp³-hybridized carbons (Fsp3) is 0.303. The number of methoxy groups -OCH3 is 1. The molecule has 1 atom stereocenters. The van der Waals surface area contributed by atoms with Gasteiger partial charge in [-0.3, -0.25) is 14.4 Å². The van der Waals surface area contributed by atoms with Crippen molar-refractivity contribution < 1.29 is 23.9 Å². The number of fused-ring (bicyclic) bond motifs is 1. The van der Waals surface area contributed by atoms with Gasteiger partial charge in [0.15, 0.2) is 0 Å². The number of H-pyrrole nitrogens is 1. The van der Waals surface area contributed by atoms with Crippen molar-refractivity contribution in [3.05, 3.63) is 101 Å². The number of amides is 3. The molecular formula is C33H34N4O5. The lowest BCUT2D eigenvalue weighted by Gasteiger charge is -2.41. The molecule has 1 aromatic heterocycles. The highest BCUT2D eigenvalue weighted by Crippen LogP contribution is 2.25. The van der Waals surface area contributed by atoms with Crippen molar-refractivity contribution in [2.75, 3.05) is 46.5 Å². The van der Waals surface area contributed by atoms with E-state index in [2.05, 4.69) is 4.98 Å². The minimum atomic E-state index is -0.235. The Balaban J connectivity index is 1.23. The third-order valence-electron chi connectivity index (χ3n) is 8.00. The molecule has 2 fully saturated rings. The SMILES string of the molecule is COc1ccc2[nH]c(C(=O)N3CC(=O)N(Cc4cccc(C(=O)N5CCOCC5)c4)[C@@H](Cc4ccccc4)C3)cc2c1. The number of ether oxygens (including phenoxy) is 2. The van der Waals surface area contributed by atoms with E-state index in [1.165, 1.54) is 0 Å². The molecule has 3 aromatic carbocycles. The average Bonchev–Trinajstić information content (AvgIpc) is 3.46. The van der Waals surface area contributed by atoms with Gasteiger partial charge in [0.2, 0.25) is 5.91 Å². The second-order valence-electron chi connectivity index (χ2n) is 10.8. The highest BCUT2D eigenvalue weighted by molar-refractivity contribution is 6.00. The molecule has 0 unspecified atom stereocenters. The van der Waals surface area contributed by atoms with Crippen LogP contribution in [0.5, 0.6) is 5.75 Å². The Morgan fingerprint density at radius 1 is 0.905 bits per heavy atom. The molecule has 0 aliphatic carbocycles. The molecule has 2 saturated heterocycles. The van der Waals surface area contributed by atoms with Gasteiger partial charge in [0, 0.05) is 42.6 Å². The van der Waals surface area contributed by atoms with E-state index in [0.717, 1.165) is 22.0 Å². The molecule has 0 bridgehead atoms. The van der Waals surface area contributed by atoms with Crippen LogP contribution in [0.15, 0.2) is 78.9 Å². The summed E-state index contributed by atoms with van der Waals surface area (Å²) in [5, 5.41) is 0.870. The van der Waals surface area contributed by atoms with Gasteiger partial charge >= 0.3 is 0 Å². The molecule has 4 aromatic rings. The second kappa shape index (κ2) is 12.1. The summed E-state index contributed by atoms with van der Waals surface area (Å²) in [5.41, 5.74) is 3.84. The first-order valence-electron chi connectivity index (χ1n) is 14.2. The van der Waals surface area contributed by atoms with Crippen molar-refractivity contribution in [3.8, 4) is 5.75 Å². The fourth-order valence-electron chi connectivity index (χ4n) is 5.78. The van der Waals surface area contributed by atoms with Crippen LogP contribution in [0, 0.1) is 0 Å². The van der Waals surface area contributed by atoms with Crippen LogP contribution >= 0.6 is 0 Å². The van der Waals surface area contributed by atoms with Crippen molar-refractivity contribution in [2.24, 2.45) is 0 Å². The first kappa shape index (κ1) is 27.5.